The molecule has 1 N–H and O–H groups in total. The molecule has 0 aliphatic heterocycles. The molecule has 1 aliphatic carbocycles. The van der Waals surface area contributed by atoms with E-state index in [9.17, 15) is 4.79 Å². The van der Waals surface area contributed by atoms with Crippen LogP contribution < -0.4 is 5.32 Å². The van der Waals surface area contributed by atoms with Gasteiger partial charge in [-0.3, -0.25) is 4.79 Å². The van der Waals surface area contributed by atoms with Crippen LogP contribution in [0, 0.1) is 0 Å². The van der Waals surface area contributed by atoms with Gasteiger partial charge < -0.3 is 5.32 Å². The van der Waals surface area contributed by atoms with Crippen LogP contribution in [0.3, 0.4) is 0 Å². The number of amides is 1. The van der Waals surface area contributed by atoms with Gasteiger partial charge in [-0.2, -0.15) is 0 Å². The van der Waals surface area contributed by atoms with Crippen molar-refractivity contribution in [3.63, 3.8) is 0 Å². The summed E-state index contributed by atoms with van der Waals surface area (Å²) < 4.78 is 0.538. The number of carbonyl (C=O) groups is 1. The molecule has 1 amide bonds. The summed E-state index contributed by atoms with van der Waals surface area (Å²) in [7, 11) is 0. The van der Waals surface area contributed by atoms with Gasteiger partial charge in [-0.1, -0.05) is 46.9 Å². The van der Waals surface area contributed by atoms with Gasteiger partial charge in [0, 0.05) is 0 Å². The van der Waals surface area contributed by atoms with E-state index in [0.717, 1.165) is 12.8 Å². The minimum atomic E-state index is 0.136. The van der Waals surface area contributed by atoms with Gasteiger partial charge in [-0.25, -0.2) is 0 Å². The molecule has 1 aromatic carbocycles. The Balaban J connectivity index is 2.18. The first-order valence-electron chi connectivity index (χ1n) is 5.24. The molecule has 0 saturated carbocycles. The third-order valence-corrected chi connectivity index (χ3v) is 3.52. The molecule has 1 aliphatic rings. The maximum absolute atomic E-state index is 11.4. The fraction of sp³-hybridized carbons (Fsp3) is 0.417. The number of hydrogen-bond donors (Lipinski definition) is 1. The van der Waals surface area contributed by atoms with E-state index in [2.05, 4.69) is 46.1 Å². The number of aryl methyl sites for hydroxylation is 1. The van der Waals surface area contributed by atoms with Gasteiger partial charge in [0.1, 0.15) is 0 Å². The summed E-state index contributed by atoms with van der Waals surface area (Å²) >= 11 is 2.10. The van der Waals surface area contributed by atoms with Crippen molar-refractivity contribution in [2.45, 2.75) is 25.3 Å². The Morgan fingerprint density at radius 1 is 1.47 bits per heavy atom. The average molecular weight is 315 g/mol. The largest absolute Gasteiger partial charge is 0.349 e. The van der Waals surface area contributed by atoms with E-state index in [1.807, 2.05) is 6.07 Å². The number of nitrogens with one attached hydrogen (secondary N) is 1. The maximum Gasteiger partial charge on any atom is 0.230 e. The number of alkyl halides is 1. The molecule has 1 atom stereocenters. The van der Waals surface area contributed by atoms with Crippen molar-refractivity contribution in [1.29, 1.82) is 0 Å². The first-order valence-corrected chi connectivity index (χ1v) is 6.77. The molecule has 1 unspecified atom stereocenters. The molecule has 15 heavy (non-hydrogen) atoms. The van der Waals surface area contributed by atoms with Gasteiger partial charge in [0.15, 0.2) is 0 Å². The normalized spacial score (nSPS) is 19.4. The van der Waals surface area contributed by atoms with Gasteiger partial charge in [-0.15, -0.1) is 0 Å². The number of fused-ring (bicyclic) bond motifs is 1. The number of hydrogen-bond acceptors (Lipinski definition) is 1. The molecule has 0 fully saturated rings. The van der Waals surface area contributed by atoms with Crippen LogP contribution in [0.1, 0.15) is 30.0 Å². The summed E-state index contributed by atoms with van der Waals surface area (Å²) in [5.74, 6) is 0.136. The van der Waals surface area contributed by atoms with Crippen LogP contribution in [0.15, 0.2) is 24.3 Å². The summed E-state index contributed by atoms with van der Waals surface area (Å²) in [5, 5.41) is 3.08. The quantitative estimate of drug-likeness (QED) is 0.660. The first kappa shape index (κ1) is 10.9. The second kappa shape index (κ2) is 4.96. The van der Waals surface area contributed by atoms with Crippen LogP contribution in [0.4, 0.5) is 0 Å². The van der Waals surface area contributed by atoms with E-state index < -0.39 is 0 Å². The van der Waals surface area contributed by atoms with Crippen molar-refractivity contribution in [2.75, 3.05) is 4.43 Å². The summed E-state index contributed by atoms with van der Waals surface area (Å²) in [6.45, 7) is 0. The molecule has 0 spiro atoms. The number of benzene rings is 1. The minimum absolute atomic E-state index is 0.136. The predicted molar refractivity (Wildman–Crippen MR) is 69.2 cm³/mol. The molecule has 1 aromatic rings. The van der Waals surface area contributed by atoms with Gasteiger partial charge in [-0.05, 0) is 30.4 Å². The van der Waals surface area contributed by atoms with Crippen LogP contribution in [0.5, 0.6) is 0 Å². The topological polar surface area (TPSA) is 29.1 Å². The lowest BCUT2D eigenvalue weighted by atomic mass is 9.88. The van der Waals surface area contributed by atoms with Crippen LogP contribution >= 0.6 is 22.6 Å². The molecular weight excluding hydrogens is 301 g/mol. The predicted octanol–water partition coefficient (Wildman–Crippen LogP) is 2.62. The van der Waals surface area contributed by atoms with Crippen molar-refractivity contribution in [1.82, 2.24) is 5.32 Å². The summed E-state index contributed by atoms with van der Waals surface area (Å²) in [4.78, 5) is 11.4. The standard InChI is InChI=1S/C12H14INO/c13-8-12(15)14-11-7-3-5-9-4-1-2-6-10(9)11/h1-2,4,6,11H,3,5,7-8H2,(H,14,15). The minimum Gasteiger partial charge on any atom is -0.349 e. The highest BCUT2D eigenvalue weighted by Gasteiger charge is 2.20. The SMILES string of the molecule is O=C(CI)NC1CCCc2ccccc21. The Morgan fingerprint density at radius 2 is 2.27 bits per heavy atom. The lowest BCUT2D eigenvalue weighted by molar-refractivity contribution is -0.119. The van der Waals surface area contributed by atoms with Crippen molar-refractivity contribution in [2.24, 2.45) is 0 Å². The fourth-order valence-electron chi connectivity index (χ4n) is 2.14. The van der Waals surface area contributed by atoms with Crippen LogP contribution in [-0.4, -0.2) is 10.3 Å². The molecule has 80 valence electrons. The highest BCUT2D eigenvalue weighted by molar-refractivity contribution is 14.1. The summed E-state index contributed by atoms with van der Waals surface area (Å²) in [6.07, 6.45) is 3.38. The van der Waals surface area contributed by atoms with E-state index in [0.29, 0.717) is 4.43 Å². The Bertz CT molecular complexity index is 364. The number of carbonyl (C=O) groups excluding carboxylic acids is 1. The smallest absolute Gasteiger partial charge is 0.230 e. The highest BCUT2D eigenvalue weighted by atomic mass is 127. The van der Waals surface area contributed by atoms with Crippen LogP contribution in [0.2, 0.25) is 0 Å². The number of rotatable bonds is 2. The third kappa shape index (κ3) is 2.51. The Kier molecular flexibility index (Phi) is 3.61. The van der Waals surface area contributed by atoms with E-state index in [4.69, 9.17) is 0 Å². The Morgan fingerprint density at radius 3 is 3.07 bits per heavy atom. The van der Waals surface area contributed by atoms with E-state index >= 15 is 0 Å². The Hall–Kier alpha value is -0.580. The Labute approximate surface area is 104 Å². The second-order valence-electron chi connectivity index (χ2n) is 3.84. The molecule has 2 nitrogen and oxygen atoms in total. The van der Waals surface area contributed by atoms with Crippen molar-refractivity contribution in [3.8, 4) is 0 Å². The van der Waals surface area contributed by atoms with Gasteiger partial charge in [0.2, 0.25) is 5.91 Å². The molecule has 0 saturated heterocycles. The molecular formula is C12H14INO. The van der Waals surface area contributed by atoms with Gasteiger partial charge >= 0.3 is 0 Å². The number of halogens is 1. The highest BCUT2D eigenvalue weighted by Crippen LogP contribution is 2.29. The zero-order valence-electron chi connectivity index (χ0n) is 8.50. The van der Waals surface area contributed by atoms with Gasteiger partial charge in [0.25, 0.3) is 0 Å². The zero-order chi connectivity index (χ0) is 10.7. The lowest BCUT2D eigenvalue weighted by Gasteiger charge is -2.26. The molecule has 0 heterocycles. The van der Waals surface area contributed by atoms with E-state index in [1.54, 1.807) is 0 Å². The molecule has 0 radical (unpaired) electrons. The van der Waals surface area contributed by atoms with E-state index in [-0.39, 0.29) is 11.9 Å². The van der Waals surface area contributed by atoms with Crippen LogP contribution in [-0.2, 0) is 11.2 Å². The monoisotopic (exact) mass is 315 g/mol. The fourth-order valence-corrected chi connectivity index (χ4v) is 2.36. The van der Waals surface area contributed by atoms with Gasteiger partial charge in [0.05, 0.1) is 10.5 Å². The molecule has 2 rings (SSSR count). The maximum atomic E-state index is 11.4. The lowest BCUT2D eigenvalue weighted by Crippen LogP contribution is -2.31. The van der Waals surface area contributed by atoms with E-state index in [1.165, 1.54) is 17.5 Å². The molecule has 3 heteroatoms. The average Bonchev–Trinajstić information content (AvgIpc) is 2.29. The summed E-state index contributed by atoms with van der Waals surface area (Å²) in [6, 6.07) is 8.65. The molecule has 0 aromatic heterocycles. The zero-order valence-corrected chi connectivity index (χ0v) is 10.7. The third-order valence-electron chi connectivity index (χ3n) is 2.83. The summed E-state index contributed by atoms with van der Waals surface area (Å²) in [5.41, 5.74) is 2.70. The first-order chi connectivity index (χ1) is 7.31. The van der Waals surface area contributed by atoms with Crippen molar-refractivity contribution in [3.05, 3.63) is 35.4 Å². The molecule has 0 bridgehead atoms. The van der Waals surface area contributed by atoms with Crippen molar-refractivity contribution < 1.29 is 4.79 Å². The van der Waals surface area contributed by atoms with Crippen LogP contribution in [0.25, 0.3) is 0 Å². The second-order valence-corrected chi connectivity index (χ2v) is 4.61. The van der Waals surface area contributed by atoms with Crippen molar-refractivity contribution >= 4 is 28.5 Å².